The topological polar surface area (TPSA) is 99.4 Å². The summed E-state index contributed by atoms with van der Waals surface area (Å²) in [7, 11) is 0. The molecule has 1 aliphatic rings. The van der Waals surface area contributed by atoms with E-state index in [0.29, 0.717) is 0 Å². The first-order valence-electron chi connectivity index (χ1n) is 16.8. The van der Waals surface area contributed by atoms with Crippen LogP contribution in [0.4, 0.5) is 0 Å². The van der Waals surface area contributed by atoms with Crippen molar-refractivity contribution in [2.45, 2.75) is 43.6 Å². The van der Waals surface area contributed by atoms with Gasteiger partial charge in [-0.15, -0.1) is 0 Å². The van der Waals surface area contributed by atoms with E-state index in [4.69, 9.17) is 42.4 Å². The number of ether oxygens (including phenoxy) is 2. The first-order chi connectivity index (χ1) is 20.8. The van der Waals surface area contributed by atoms with Gasteiger partial charge in [0.1, 0.15) is 36.1 Å². The third kappa shape index (κ3) is 4.49. The van der Waals surface area contributed by atoms with E-state index >= 15 is 0 Å². The lowest BCUT2D eigenvalue weighted by molar-refractivity contribution is -0.231. The van der Waals surface area contributed by atoms with Crippen molar-refractivity contribution in [2.75, 3.05) is 13.2 Å². The third-order valence-electron chi connectivity index (χ3n) is 3.30. The Kier molecular flexibility index (Phi) is 2.48. The van der Waals surface area contributed by atoms with Gasteiger partial charge in [-0.2, -0.15) is 0 Å². The van der Waals surface area contributed by atoms with Crippen LogP contribution in [0.25, 0.3) is 0 Å². The minimum Gasteiger partial charge on any atom is -0.494 e. The SMILES string of the molecule is [2H]c1c([2H])c([C@]2([2H])O[C@]([2H])(CO)[C@@]([2H])(O)[C@]([2H])(O)[C@@]2([2H])O)c([2H])c(C([2H])([2H])c2c([2H])c([2H])c(OC([2H])([2H])C([2H])([2H])[2H])c([2H])c2[2H])c1Cl. The minimum absolute atomic E-state index is 1.16. The van der Waals surface area contributed by atoms with Crippen LogP contribution < -0.4 is 4.74 Å². The first-order valence-corrected chi connectivity index (χ1v) is 7.72. The Hall–Kier alpha value is -1.67. The molecule has 0 saturated carbocycles. The molecule has 0 unspecified atom stereocenters. The second-order valence-electron chi connectivity index (χ2n) is 5.03. The second-order valence-corrected chi connectivity index (χ2v) is 5.41. The summed E-state index contributed by atoms with van der Waals surface area (Å²) >= 11 is 6.14. The van der Waals surface area contributed by atoms with Crippen molar-refractivity contribution in [3.8, 4) is 5.75 Å². The van der Waals surface area contributed by atoms with Crippen LogP contribution in [-0.2, 0) is 11.1 Å². The average Bonchev–Trinajstić information content (AvgIpc) is 2.91. The fraction of sp³-hybridized carbons (Fsp3) is 0.429. The van der Waals surface area contributed by atoms with Gasteiger partial charge in [0.15, 0.2) is 0 Å². The first kappa shape index (κ1) is 7.54. The maximum absolute atomic E-state index is 10.9. The molecule has 0 amide bonds. The van der Waals surface area contributed by atoms with Crippen molar-refractivity contribution >= 4 is 11.6 Å². The van der Waals surface area contributed by atoms with Gasteiger partial charge in [-0.1, -0.05) is 35.8 Å². The summed E-state index contributed by atoms with van der Waals surface area (Å²) in [6.45, 7) is -8.90. The maximum atomic E-state index is 10.9. The molecule has 6 nitrogen and oxygen atoms in total. The van der Waals surface area contributed by atoms with E-state index in [9.17, 15) is 20.4 Å². The minimum atomic E-state index is -4.39. The van der Waals surface area contributed by atoms with Crippen molar-refractivity contribution in [3.05, 3.63) is 64.0 Å². The maximum Gasteiger partial charge on any atom is 0.119 e. The molecule has 0 bridgehead atoms. The second kappa shape index (κ2) is 9.22. The number of hydrogen-bond donors (Lipinski definition) is 4. The molecule has 28 heavy (non-hydrogen) atoms. The van der Waals surface area contributed by atoms with Crippen LogP contribution in [-0.4, -0.2) is 57.9 Å². The number of halogens is 1. The Morgan fingerprint density at radius 3 is 2.61 bits per heavy atom. The highest BCUT2D eigenvalue weighted by Crippen LogP contribution is 2.34. The van der Waals surface area contributed by atoms with Crippen LogP contribution in [0.2, 0.25) is 5.02 Å². The summed E-state index contributed by atoms with van der Waals surface area (Å²) in [5.74, 6) is -1.27. The molecule has 152 valence electrons. The molecule has 5 atom stereocenters. The molecule has 7 heteroatoms. The number of hydrogen-bond acceptors (Lipinski definition) is 6. The highest BCUT2D eigenvalue weighted by Gasteiger charge is 2.43. The molecule has 4 N–H and O–H groups in total. The lowest BCUT2D eigenvalue weighted by Gasteiger charge is -2.40. The van der Waals surface area contributed by atoms with Gasteiger partial charge in [0.2, 0.25) is 0 Å². The Morgan fingerprint density at radius 2 is 1.93 bits per heavy atom. The predicted octanol–water partition coefficient (Wildman–Crippen LogP) is 1.84. The molecular weight excluding hydrogens is 384 g/mol. The largest absolute Gasteiger partial charge is 0.494 e. The standard InChI is InChI=1S/C21H25ClO6/c1-2-27-15-6-3-12(4-7-15)9-14-10-13(5-8-16(14)22)21-20(26)19(25)18(24)17(11-23)28-21/h3-8,10,17-21,23-26H,2,9,11H2,1H3/t17-,18-,19+,20-,21+/m1/s1/i1D3,2D2,3D,4D,5D,6D,7D,8D,9D2,10D,17D,18D,19D,20D,21D. The average molecular weight is 428 g/mol. The normalized spacial score (nSPS) is 52.0. The molecule has 0 radical (unpaired) electrons. The highest BCUT2D eigenvalue weighted by atomic mass is 35.5. The Morgan fingerprint density at radius 1 is 1.18 bits per heavy atom. The van der Waals surface area contributed by atoms with Crippen molar-refractivity contribution in [2.24, 2.45) is 0 Å². The van der Waals surface area contributed by atoms with Gasteiger partial charge in [0, 0.05) is 11.9 Å². The summed E-state index contributed by atoms with van der Waals surface area (Å²) in [4.78, 5) is 0. The summed E-state index contributed by atoms with van der Waals surface area (Å²) in [6.07, 6.45) is -24.3. The zero-order chi connectivity index (χ0) is 37.0. The van der Waals surface area contributed by atoms with Crippen molar-refractivity contribution in [3.63, 3.8) is 0 Å². The third-order valence-corrected chi connectivity index (χ3v) is 3.58. The van der Waals surface area contributed by atoms with Crippen LogP contribution in [0.1, 0.15) is 55.7 Å². The lowest BCUT2D eigenvalue weighted by atomic mass is 9.90. The summed E-state index contributed by atoms with van der Waals surface area (Å²) in [5, 5.41) is 40.5. The zero-order valence-corrected chi connectivity index (χ0v) is 14.4. The molecule has 1 heterocycles. The van der Waals surface area contributed by atoms with Crippen LogP contribution in [0, 0.1) is 0 Å². The molecule has 0 spiro atoms. The Balaban J connectivity index is 2.46. The summed E-state index contributed by atoms with van der Waals surface area (Å²) < 4.78 is 163. The van der Waals surface area contributed by atoms with Gasteiger partial charge in [-0.3, -0.25) is 0 Å². The van der Waals surface area contributed by atoms with Gasteiger partial charge in [0.05, 0.1) is 32.4 Å². The van der Waals surface area contributed by atoms with E-state index in [1.54, 1.807) is 0 Å². The van der Waals surface area contributed by atoms with E-state index in [2.05, 4.69) is 4.74 Å². The van der Waals surface area contributed by atoms with Crippen LogP contribution in [0.5, 0.6) is 5.75 Å². The van der Waals surface area contributed by atoms with E-state index in [1.807, 2.05) is 0 Å². The number of benzene rings is 2. The molecule has 2 aromatic rings. The molecule has 3 rings (SSSR count). The molecule has 1 aliphatic heterocycles. The van der Waals surface area contributed by atoms with Crippen LogP contribution in [0.3, 0.4) is 0 Å². The fourth-order valence-corrected chi connectivity index (χ4v) is 2.17. The van der Waals surface area contributed by atoms with Crippen LogP contribution >= 0.6 is 11.6 Å². The van der Waals surface area contributed by atoms with Gasteiger partial charge in [-0.05, 0) is 48.0 Å². The molecule has 0 aliphatic carbocycles. The molecule has 1 saturated heterocycles. The summed E-state index contributed by atoms with van der Waals surface area (Å²) in [5.41, 5.74) is -4.27. The van der Waals surface area contributed by atoms with Gasteiger partial charge < -0.3 is 29.9 Å². The van der Waals surface area contributed by atoms with Crippen molar-refractivity contribution in [1.29, 1.82) is 0 Å². The lowest BCUT2D eigenvalue weighted by Crippen LogP contribution is -2.55. The van der Waals surface area contributed by atoms with E-state index in [0.717, 1.165) is 0 Å². The smallest absolute Gasteiger partial charge is 0.119 e. The Bertz CT molecular complexity index is 1600. The molecule has 1 fully saturated rings. The van der Waals surface area contributed by atoms with Gasteiger partial charge in [-0.25, -0.2) is 0 Å². The molecule has 0 aromatic heterocycles. The van der Waals surface area contributed by atoms with Crippen LogP contribution in [0.15, 0.2) is 42.3 Å². The molecular formula is C21H25ClO6. The monoisotopic (exact) mass is 427 g/mol. The van der Waals surface area contributed by atoms with Gasteiger partial charge >= 0.3 is 0 Å². The predicted molar refractivity (Wildman–Crippen MR) is 105 cm³/mol. The van der Waals surface area contributed by atoms with E-state index < -0.39 is 127 Å². The van der Waals surface area contributed by atoms with Gasteiger partial charge in [0.25, 0.3) is 0 Å². The van der Waals surface area contributed by atoms with E-state index in [1.165, 1.54) is 0 Å². The highest BCUT2D eigenvalue weighted by molar-refractivity contribution is 6.31. The quantitative estimate of drug-likeness (QED) is 0.561. The fourth-order valence-electron chi connectivity index (χ4n) is 2.03. The van der Waals surface area contributed by atoms with Crippen molar-refractivity contribution < 1.29 is 55.9 Å². The number of aliphatic hydroxyl groups is 4. The van der Waals surface area contributed by atoms with Crippen molar-refractivity contribution in [1.82, 2.24) is 0 Å². The number of aliphatic hydroxyl groups excluding tert-OH is 1. The van der Waals surface area contributed by atoms with E-state index in [-0.39, 0.29) is 0 Å². The summed E-state index contributed by atoms with van der Waals surface area (Å²) in [6, 6.07) is -9.69. The Labute approximate surface area is 195 Å². The number of rotatable bonds is 6. The zero-order valence-electron chi connectivity index (χ0n) is 32.7. The molecule has 2 aromatic carbocycles.